The lowest BCUT2D eigenvalue weighted by Gasteiger charge is -2.40. The molecule has 2 fully saturated rings. The number of piperidine rings is 1. The molecule has 0 bridgehead atoms. The van der Waals surface area contributed by atoms with E-state index in [1.165, 1.54) is 0 Å². The van der Waals surface area contributed by atoms with Crippen LogP contribution in [-0.2, 0) is 4.79 Å². The summed E-state index contributed by atoms with van der Waals surface area (Å²) < 4.78 is 7.39. The number of hydrogen-bond acceptors (Lipinski definition) is 7. The number of fused-ring (bicyclic) bond motifs is 1. The molecular formula is C26H30N6O2. The van der Waals surface area contributed by atoms with Crippen molar-refractivity contribution in [1.82, 2.24) is 14.6 Å². The van der Waals surface area contributed by atoms with Gasteiger partial charge in [0, 0.05) is 36.8 Å². The summed E-state index contributed by atoms with van der Waals surface area (Å²) in [5, 5.41) is 13.9. The van der Waals surface area contributed by atoms with Gasteiger partial charge >= 0.3 is 0 Å². The molecule has 4 heterocycles. The van der Waals surface area contributed by atoms with Crippen LogP contribution < -0.4 is 15.4 Å². The molecule has 3 aromatic rings. The molecule has 0 unspecified atom stereocenters. The fourth-order valence-corrected chi connectivity index (χ4v) is 4.81. The molecule has 176 valence electrons. The van der Waals surface area contributed by atoms with Crippen LogP contribution in [0.5, 0.6) is 5.75 Å². The Balaban J connectivity index is 1.34. The highest BCUT2D eigenvalue weighted by atomic mass is 16.5. The van der Waals surface area contributed by atoms with E-state index in [2.05, 4.69) is 23.0 Å². The summed E-state index contributed by atoms with van der Waals surface area (Å²) in [6.45, 7) is 6.40. The number of nitrogens with zero attached hydrogens (tertiary/aromatic N) is 5. The number of ketones is 1. The monoisotopic (exact) mass is 458 g/mol. The van der Waals surface area contributed by atoms with Crippen molar-refractivity contribution in [2.24, 2.45) is 11.1 Å². The number of rotatable bonds is 7. The molecule has 2 aliphatic rings. The molecule has 1 saturated heterocycles. The number of carbonyl (C=O) groups is 1. The first-order chi connectivity index (χ1) is 16.3. The van der Waals surface area contributed by atoms with Gasteiger partial charge in [-0.05, 0) is 56.2 Å². The maximum Gasteiger partial charge on any atom is 0.153 e. The minimum Gasteiger partial charge on any atom is -0.492 e. The number of ether oxygens (including phenoxy) is 1. The lowest BCUT2D eigenvalue weighted by molar-refractivity contribution is -0.123. The Kier molecular flexibility index (Phi) is 5.53. The number of nitriles is 1. The SMILES string of the molecule is CCOc1cc(-c2ccc(N3CCC(C)(CC(=O)C4(N)CC4)CC3)nc2)c2c(C#N)cnn2c1. The van der Waals surface area contributed by atoms with Gasteiger partial charge in [-0.1, -0.05) is 6.92 Å². The Labute approximate surface area is 199 Å². The summed E-state index contributed by atoms with van der Waals surface area (Å²) >= 11 is 0. The molecule has 0 radical (unpaired) electrons. The third-order valence-electron chi connectivity index (χ3n) is 7.30. The maximum absolute atomic E-state index is 12.5. The molecular weight excluding hydrogens is 428 g/mol. The molecule has 8 heteroatoms. The first kappa shape index (κ1) is 22.4. The molecule has 0 atom stereocenters. The molecule has 2 N–H and O–H groups in total. The number of carbonyl (C=O) groups excluding carboxylic acids is 1. The van der Waals surface area contributed by atoms with E-state index in [-0.39, 0.29) is 11.2 Å². The lowest BCUT2D eigenvalue weighted by Crippen LogP contribution is -2.43. The average Bonchev–Trinajstić information content (AvgIpc) is 3.46. The standard InChI is InChI=1S/C26H30N6O2/c1-3-34-20-12-21(24-19(14-27)16-30-32(24)17-20)18-4-5-23(29-15-18)31-10-8-25(2,9-11-31)13-22(33)26(28)6-7-26/h4-5,12,15-17H,3,6-11,13,28H2,1-2H3. The molecule has 34 heavy (non-hydrogen) atoms. The first-order valence-electron chi connectivity index (χ1n) is 11.9. The topological polar surface area (TPSA) is 110 Å². The highest BCUT2D eigenvalue weighted by Crippen LogP contribution is 2.42. The number of anilines is 1. The van der Waals surface area contributed by atoms with Crippen LogP contribution in [0.2, 0.25) is 0 Å². The van der Waals surface area contributed by atoms with Crippen molar-refractivity contribution in [3.05, 3.63) is 42.4 Å². The summed E-state index contributed by atoms with van der Waals surface area (Å²) in [6.07, 6.45) is 9.32. The Bertz CT molecular complexity index is 1260. The fraction of sp³-hybridized carbons (Fsp3) is 0.462. The lowest BCUT2D eigenvalue weighted by atomic mass is 9.75. The van der Waals surface area contributed by atoms with Crippen LogP contribution in [0.15, 0.2) is 36.8 Å². The van der Waals surface area contributed by atoms with Crippen molar-refractivity contribution < 1.29 is 9.53 Å². The van der Waals surface area contributed by atoms with Crippen LogP contribution in [0.4, 0.5) is 5.82 Å². The van der Waals surface area contributed by atoms with Crippen molar-refractivity contribution in [3.63, 3.8) is 0 Å². The fourth-order valence-electron chi connectivity index (χ4n) is 4.81. The van der Waals surface area contributed by atoms with Crippen molar-refractivity contribution in [2.75, 3.05) is 24.6 Å². The van der Waals surface area contributed by atoms with Gasteiger partial charge in [0.05, 0.1) is 35.6 Å². The zero-order valence-corrected chi connectivity index (χ0v) is 19.8. The maximum atomic E-state index is 12.5. The number of hydrogen-bond donors (Lipinski definition) is 1. The number of nitrogens with two attached hydrogens (primary N) is 1. The molecule has 1 aliphatic heterocycles. The van der Waals surface area contributed by atoms with E-state index in [1.807, 2.05) is 31.3 Å². The van der Waals surface area contributed by atoms with Crippen molar-refractivity contribution in [3.8, 4) is 22.9 Å². The molecule has 0 amide bonds. The van der Waals surface area contributed by atoms with E-state index in [0.29, 0.717) is 24.3 Å². The van der Waals surface area contributed by atoms with Gasteiger partial charge in [-0.25, -0.2) is 9.50 Å². The molecule has 1 aliphatic carbocycles. The predicted molar refractivity (Wildman–Crippen MR) is 130 cm³/mol. The summed E-state index contributed by atoms with van der Waals surface area (Å²) in [6, 6.07) is 8.21. The zero-order chi connectivity index (χ0) is 23.9. The molecule has 8 nitrogen and oxygen atoms in total. The third-order valence-corrected chi connectivity index (χ3v) is 7.30. The van der Waals surface area contributed by atoms with Gasteiger partial charge in [0.1, 0.15) is 17.6 Å². The molecule has 0 spiro atoms. The van der Waals surface area contributed by atoms with E-state index < -0.39 is 5.54 Å². The van der Waals surface area contributed by atoms with Crippen LogP contribution in [0.25, 0.3) is 16.6 Å². The van der Waals surface area contributed by atoms with E-state index >= 15 is 0 Å². The molecule has 0 aromatic carbocycles. The highest BCUT2D eigenvalue weighted by molar-refractivity contribution is 5.91. The number of Topliss-reactive ketones (excluding diaryl/α,β-unsaturated/α-hetero) is 1. The van der Waals surface area contributed by atoms with E-state index in [4.69, 9.17) is 15.5 Å². The van der Waals surface area contributed by atoms with E-state index in [9.17, 15) is 10.1 Å². The quantitative estimate of drug-likeness (QED) is 0.574. The summed E-state index contributed by atoms with van der Waals surface area (Å²) in [4.78, 5) is 19.5. The second-order valence-electron chi connectivity index (χ2n) is 9.94. The smallest absolute Gasteiger partial charge is 0.153 e. The van der Waals surface area contributed by atoms with E-state index in [1.54, 1.807) is 16.9 Å². The zero-order valence-electron chi connectivity index (χ0n) is 19.8. The van der Waals surface area contributed by atoms with Gasteiger partial charge in [0.25, 0.3) is 0 Å². The van der Waals surface area contributed by atoms with Crippen LogP contribution in [0.1, 0.15) is 51.5 Å². The van der Waals surface area contributed by atoms with Gasteiger partial charge < -0.3 is 15.4 Å². The summed E-state index contributed by atoms with van der Waals surface area (Å²) in [7, 11) is 0. The normalized spacial score (nSPS) is 18.5. The molecule has 1 saturated carbocycles. The average molecular weight is 459 g/mol. The highest BCUT2D eigenvalue weighted by Gasteiger charge is 2.47. The minimum absolute atomic E-state index is 0.00348. The van der Waals surface area contributed by atoms with Crippen LogP contribution >= 0.6 is 0 Å². The molecule has 5 rings (SSSR count). The third kappa shape index (κ3) is 4.12. The first-order valence-corrected chi connectivity index (χ1v) is 11.9. The second kappa shape index (κ2) is 8.41. The van der Waals surface area contributed by atoms with Crippen molar-refractivity contribution in [1.29, 1.82) is 5.26 Å². The van der Waals surface area contributed by atoms with Gasteiger partial charge in [-0.3, -0.25) is 4.79 Å². The van der Waals surface area contributed by atoms with E-state index in [0.717, 1.165) is 61.2 Å². The summed E-state index contributed by atoms with van der Waals surface area (Å²) in [5.41, 5.74) is 8.60. The van der Waals surface area contributed by atoms with Gasteiger partial charge in [-0.2, -0.15) is 10.4 Å². The Morgan fingerprint density at radius 2 is 2.00 bits per heavy atom. The predicted octanol–water partition coefficient (Wildman–Crippen LogP) is 3.72. The van der Waals surface area contributed by atoms with Gasteiger partial charge in [0.15, 0.2) is 5.78 Å². The van der Waals surface area contributed by atoms with Gasteiger partial charge in [0.2, 0.25) is 0 Å². The molecule has 3 aromatic heterocycles. The van der Waals surface area contributed by atoms with Crippen molar-refractivity contribution in [2.45, 2.75) is 51.5 Å². The Morgan fingerprint density at radius 3 is 2.62 bits per heavy atom. The Hall–Kier alpha value is -3.44. The Morgan fingerprint density at radius 1 is 1.24 bits per heavy atom. The summed E-state index contributed by atoms with van der Waals surface area (Å²) in [5.74, 6) is 1.83. The largest absolute Gasteiger partial charge is 0.492 e. The minimum atomic E-state index is -0.538. The van der Waals surface area contributed by atoms with Crippen LogP contribution in [0, 0.1) is 16.7 Å². The second-order valence-corrected chi connectivity index (χ2v) is 9.94. The number of aromatic nitrogens is 3. The van der Waals surface area contributed by atoms with Gasteiger partial charge in [-0.15, -0.1) is 0 Å². The number of pyridine rings is 2. The van der Waals surface area contributed by atoms with Crippen LogP contribution in [-0.4, -0.2) is 45.6 Å². The van der Waals surface area contributed by atoms with Crippen molar-refractivity contribution >= 4 is 17.1 Å². The van der Waals surface area contributed by atoms with Crippen LogP contribution in [0.3, 0.4) is 0 Å².